The molecule has 11 atom stereocenters. The van der Waals surface area contributed by atoms with Crippen LogP contribution in [0.3, 0.4) is 0 Å². The van der Waals surface area contributed by atoms with Gasteiger partial charge in [0, 0.05) is 10.5 Å². The smallest absolute Gasteiger partial charge is 0.262 e. The van der Waals surface area contributed by atoms with Crippen LogP contribution in [0, 0.1) is 0 Å². The number of carbonyl (C=O) groups excluding carboxylic acids is 4. The average molecular weight is 984 g/mol. The molecule has 370 valence electrons. The highest BCUT2D eigenvalue weighted by molar-refractivity contribution is 6.22. The number of imide groups is 2. The fourth-order valence-corrected chi connectivity index (χ4v) is 10.2. The molecule has 3 fully saturated rings. The summed E-state index contributed by atoms with van der Waals surface area (Å²) >= 11 is 0. The van der Waals surface area contributed by atoms with Gasteiger partial charge < -0.3 is 37.9 Å². The number of fused-ring (bicyclic) bond motifs is 3. The van der Waals surface area contributed by atoms with E-state index in [9.17, 15) is 24.7 Å². The van der Waals surface area contributed by atoms with Gasteiger partial charge in [-0.25, -0.2) is 0 Å². The highest BCUT2D eigenvalue weighted by atomic mass is 16.8. The largest absolute Gasteiger partial charge is 0.374 e. The molecule has 0 N–H and O–H groups in total. The molecule has 11 rings (SSSR count). The van der Waals surface area contributed by atoms with Gasteiger partial charge in [0.2, 0.25) is 0 Å². The van der Waals surface area contributed by atoms with Crippen molar-refractivity contribution in [1.29, 1.82) is 0 Å². The molecule has 3 saturated heterocycles. The van der Waals surface area contributed by atoms with E-state index in [4.69, 9.17) is 37.9 Å². The molecule has 73 heavy (non-hydrogen) atoms. The van der Waals surface area contributed by atoms with Gasteiger partial charge in [-0.15, -0.1) is 0 Å². The number of nitrogens with zero attached hydrogens (tertiary/aromatic N) is 5. The Morgan fingerprint density at radius 3 is 1.52 bits per heavy atom. The van der Waals surface area contributed by atoms with E-state index in [0.717, 1.165) is 32.1 Å². The molecular weight excluding hydrogens is 935 g/mol. The Hall–Kier alpha value is -7.41. The third kappa shape index (κ3) is 9.57. The van der Waals surface area contributed by atoms with Gasteiger partial charge in [-0.05, 0) is 46.5 Å². The molecule has 1 unspecified atom stereocenters. The van der Waals surface area contributed by atoms with E-state index in [1.54, 1.807) is 48.5 Å². The number of hydrogen-bond donors (Lipinski definition) is 0. The van der Waals surface area contributed by atoms with Crippen LogP contribution >= 0.6 is 0 Å². The third-order valence-corrected chi connectivity index (χ3v) is 13.7. The van der Waals surface area contributed by atoms with E-state index in [0.29, 0.717) is 0 Å². The van der Waals surface area contributed by atoms with E-state index >= 15 is 0 Å². The van der Waals surface area contributed by atoms with Gasteiger partial charge in [0.05, 0.1) is 55.3 Å². The molecule has 0 radical (unpaired) electrons. The number of benzene rings is 6. The summed E-state index contributed by atoms with van der Waals surface area (Å²) in [6.07, 6.45) is -10.9. The summed E-state index contributed by atoms with van der Waals surface area (Å²) in [4.78, 5) is 64.1. The second kappa shape index (κ2) is 21.4. The summed E-state index contributed by atoms with van der Waals surface area (Å²) in [7, 11) is 0. The van der Waals surface area contributed by atoms with Crippen molar-refractivity contribution >= 4 is 23.6 Å². The molecule has 5 aliphatic heterocycles. The Bertz CT molecular complexity index is 2930. The van der Waals surface area contributed by atoms with Crippen molar-refractivity contribution in [3.8, 4) is 0 Å². The van der Waals surface area contributed by atoms with Crippen LogP contribution in [-0.2, 0) is 57.7 Å². The first-order chi connectivity index (χ1) is 35.9. The average Bonchev–Trinajstić information content (AvgIpc) is 3.84. The number of ether oxygens (including phenoxy) is 8. The van der Waals surface area contributed by atoms with Gasteiger partial charge in [0.15, 0.2) is 18.8 Å². The first-order valence-corrected chi connectivity index (χ1v) is 24.1. The van der Waals surface area contributed by atoms with Crippen LogP contribution in [0.15, 0.2) is 175 Å². The Kier molecular flexibility index (Phi) is 14.0. The number of hydrogen-bond acceptors (Lipinski definition) is 13. The first-order valence-electron chi connectivity index (χ1n) is 24.1. The summed E-state index contributed by atoms with van der Waals surface area (Å²) in [6, 6.07) is 47.5. The van der Waals surface area contributed by atoms with Crippen LogP contribution in [0.4, 0.5) is 0 Å². The van der Waals surface area contributed by atoms with Gasteiger partial charge >= 0.3 is 0 Å². The monoisotopic (exact) mass is 983 g/mol. The van der Waals surface area contributed by atoms with Crippen molar-refractivity contribution in [3.05, 3.63) is 225 Å². The second-order valence-electron chi connectivity index (χ2n) is 18.1. The lowest BCUT2D eigenvalue weighted by Gasteiger charge is -2.53. The zero-order chi connectivity index (χ0) is 49.8. The molecule has 17 nitrogen and oxygen atoms in total. The SMILES string of the molecule is [N-]=[N+]=N[C@@H]1O[C@H](COCc2ccccc2)[C@@H](O[C@@H]2O[C@@H]3COC(c4ccccc4)O[C@H]3[C@H](OCc3ccccc3)[C@H]2N2C(=O)c3ccccc3C2=O)[C@H](OCc2ccccc2)[C@H]1N1C(=O)c2ccccc2C1=O. The lowest BCUT2D eigenvalue weighted by atomic mass is 9.92. The predicted molar refractivity (Wildman–Crippen MR) is 259 cm³/mol. The third-order valence-electron chi connectivity index (χ3n) is 13.7. The Morgan fingerprint density at radius 1 is 0.534 bits per heavy atom. The standard InChI is InChI=1S/C56H49N5O12/c57-59-58-50-44(60-51(62)38-25-13-14-26-39(38)52(60)63)48(67-30-35-19-7-2-8-20-35)46(42(70-50)32-66-29-34-17-5-1-6-18-34)73-56-45(61-53(64)40-27-15-16-28-41(40)54(61)65)49(68-31-36-21-9-3-10-22-36)47-43(71-56)33-69-55(72-47)37-23-11-4-12-24-37/h1-28,42-50,55-56H,29-33H2/t42-,43-,44-,45-,46-,47-,48-,49-,50-,55?,56+/m1/s1. The topological polar surface area (TPSA) is 197 Å². The van der Waals surface area contributed by atoms with E-state index in [2.05, 4.69) is 10.0 Å². The Morgan fingerprint density at radius 2 is 1.00 bits per heavy atom. The molecule has 6 aromatic rings. The van der Waals surface area contributed by atoms with Gasteiger partial charge in [-0.3, -0.25) is 29.0 Å². The lowest BCUT2D eigenvalue weighted by molar-refractivity contribution is -0.371. The van der Waals surface area contributed by atoms with Crippen LogP contribution < -0.4 is 0 Å². The van der Waals surface area contributed by atoms with Crippen molar-refractivity contribution in [2.45, 2.75) is 87.3 Å². The molecule has 0 aliphatic carbocycles. The molecule has 5 aliphatic rings. The molecule has 0 aromatic heterocycles. The van der Waals surface area contributed by atoms with Crippen LogP contribution in [0.5, 0.6) is 0 Å². The van der Waals surface area contributed by atoms with Gasteiger partial charge in [-0.1, -0.05) is 151 Å². The minimum atomic E-state index is -1.56. The quantitative estimate of drug-likeness (QED) is 0.0393. The summed E-state index contributed by atoms with van der Waals surface area (Å²) in [5, 5.41) is 4.06. The van der Waals surface area contributed by atoms with Gasteiger partial charge in [0.25, 0.3) is 23.6 Å². The molecule has 5 heterocycles. The van der Waals surface area contributed by atoms with E-state index in [1.807, 2.05) is 121 Å². The van der Waals surface area contributed by atoms with Crippen molar-refractivity contribution in [2.24, 2.45) is 5.11 Å². The number of amides is 4. The minimum absolute atomic E-state index is 0.0283. The Labute approximate surface area is 419 Å². The fraction of sp³-hybridized carbons (Fsp3) is 0.286. The van der Waals surface area contributed by atoms with Gasteiger partial charge in [-0.2, -0.15) is 0 Å². The molecule has 4 amide bonds. The molecule has 17 heteroatoms. The zero-order valence-corrected chi connectivity index (χ0v) is 39.2. The van der Waals surface area contributed by atoms with E-state index in [1.165, 1.54) is 0 Å². The maximum Gasteiger partial charge on any atom is 0.262 e. The lowest BCUT2D eigenvalue weighted by Crippen LogP contribution is -2.71. The molecule has 6 aromatic carbocycles. The van der Waals surface area contributed by atoms with Crippen molar-refractivity contribution in [3.63, 3.8) is 0 Å². The number of rotatable bonds is 16. The summed E-state index contributed by atoms with van der Waals surface area (Å²) in [5.41, 5.74) is 13.8. The minimum Gasteiger partial charge on any atom is -0.374 e. The maximum atomic E-state index is 14.9. The molecule has 0 spiro atoms. The first kappa shape index (κ1) is 47.9. The molecular formula is C56H49N5O12. The van der Waals surface area contributed by atoms with Crippen molar-refractivity contribution in [2.75, 3.05) is 13.2 Å². The van der Waals surface area contributed by atoms with E-state index in [-0.39, 0.29) is 55.3 Å². The van der Waals surface area contributed by atoms with E-state index < -0.39 is 91.1 Å². The van der Waals surface area contributed by atoms with Gasteiger partial charge in [0.1, 0.15) is 48.7 Å². The van der Waals surface area contributed by atoms with Crippen LogP contribution in [-0.4, -0.2) is 108 Å². The maximum absolute atomic E-state index is 14.9. The number of carbonyl (C=O) groups is 4. The summed E-state index contributed by atoms with van der Waals surface area (Å²) < 4.78 is 54.3. The van der Waals surface area contributed by atoms with Crippen LogP contribution in [0.2, 0.25) is 0 Å². The highest BCUT2D eigenvalue weighted by Gasteiger charge is 2.60. The predicted octanol–water partition coefficient (Wildman–Crippen LogP) is 7.96. The Balaban J connectivity index is 1.04. The van der Waals surface area contributed by atoms with Crippen molar-refractivity contribution in [1.82, 2.24) is 9.80 Å². The summed E-state index contributed by atoms with van der Waals surface area (Å²) in [5.74, 6) is -2.57. The molecule has 0 bridgehead atoms. The van der Waals surface area contributed by atoms with Crippen molar-refractivity contribution < 1.29 is 57.1 Å². The summed E-state index contributed by atoms with van der Waals surface area (Å²) in [6.45, 7) is -0.145. The van der Waals surface area contributed by atoms with Crippen LogP contribution in [0.25, 0.3) is 10.4 Å². The molecule has 0 saturated carbocycles. The fourth-order valence-electron chi connectivity index (χ4n) is 10.2. The normalized spacial score (nSPS) is 27.5. The van der Waals surface area contributed by atoms with Crippen LogP contribution in [0.1, 0.15) is 70.0 Å². The zero-order valence-electron chi connectivity index (χ0n) is 39.2. The second-order valence-corrected chi connectivity index (χ2v) is 18.1. The number of azide groups is 1. The highest BCUT2D eigenvalue weighted by Crippen LogP contribution is 2.43.